The fraction of sp³-hybridized carbons (Fsp3) is 0.200. The minimum atomic E-state index is 0.506. The van der Waals surface area contributed by atoms with Gasteiger partial charge in [0, 0.05) is 0 Å². The number of rotatable bonds is 2. The van der Waals surface area contributed by atoms with Crippen LogP contribution >= 0.6 is 0 Å². The van der Waals surface area contributed by atoms with Gasteiger partial charge in [-0.3, -0.25) is 0 Å². The largest absolute Gasteiger partial charge is 0.555 e. The molecule has 0 aromatic carbocycles. The first-order chi connectivity index (χ1) is 4.86. The van der Waals surface area contributed by atoms with Crippen LogP contribution in [0.4, 0.5) is 0 Å². The first-order valence-corrected chi connectivity index (χ1v) is 2.77. The van der Waals surface area contributed by atoms with E-state index < -0.39 is 0 Å². The number of aromatic nitrogens is 2. The van der Waals surface area contributed by atoms with Crippen molar-refractivity contribution in [2.75, 3.05) is 7.11 Å². The van der Waals surface area contributed by atoms with E-state index in [1.807, 2.05) is 0 Å². The van der Waals surface area contributed by atoms with Crippen LogP contribution in [0.15, 0.2) is 12.4 Å². The molecule has 4 nitrogen and oxygen atoms in total. The highest BCUT2D eigenvalue weighted by Crippen LogP contribution is 2.10. The standard InChI is InChI=1S/C5H7BN2O2/c1-9-4-2-5(10-6)8-3-7-4/h2-3H,6H2,1H3. The van der Waals surface area contributed by atoms with Gasteiger partial charge in [-0.15, -0.1) is 0 Å². The SMILES string of the molecule is BOc1cc(OC)ncn1. The van der Waals surface area contributed by atoms with Crippen LogP contribution < -0.4 is 9.39 Å². The highest BCUT2D eigenvalue weighted by atomic mass is 16.5. The highest BCUT2D eigenvalue weighted by Gasteiger charge is 1.94. The van der Waals surface area contributed by atoms with Crippen molar-refractivity contribution in [1.82, 2.24) is 9.97 Å². The lowest BCUT2D eigenvalue weighted by Crippen LogP contribution is -1.92. The fourth-order valence-electron chi connectivity index (χ4n) is 0.546. The molecule has 0 aliphatic carbocycles. The number of hydrogen-bond donors (Lipinski definition) is 0. The topological polar surface area (TPSA) is 44.2 Å². The van der Waals surface area contributed by atoms with Crippen molar-refractivity contribution >= 4 is 8.05 Å². The van der Waals surface area contributed by atoms with Crippen molar-refractivity contribution in [3.63, 3.8) is 0 Å². The van der Waals surface area contributed by atoms with Crippen molar-refractivity contribution < 1.29 is 9.39 Å². The maximum absolute atomic E-state index is 4.83. The molecule has 1 aromatic heterocycles. The summed E-state index contributed by atoms with van der Waals surface area (Å²) in [6.07, 6.45) is 1.39. The zero-order chi connectivity index (χ0) is 7.40. The maximum atomic E-state index is 4.83. The summed E-state index contributed by atoms with van der Waals surface area (Å²) in [6, 6.07) is 1.61. The smallest absolute Gasteiger partial charge is 0.324 e. The first-order valence-electron chi connectivity index (χ1n) is 2.77. The predicted octanol–water partition coefficient (Wildman–Crippen LogP) is -0.588. The van der Waals surface area contributed by atoms with Gasteiger partial charge in [-0.2, -0.15) is 0 Å². The number of methoxy groups -OCH3 is 1. The molecule has 0 spiro atoms. The molecule has 0 unspecified atom stereocenters. The molecule has 5 heteroatoms. The van der Waals surface area contributed by atoms with E-state index in [2.05, 4.69) is 9.97 Å². The van der Waals surface area contributed by atoms with E-state index in [1.54, 1.807) is 21.2 Å². The van der Waals surface area contributed by atoms with Crippen LogP contribution in [0.2, 0.25) is 0 Å². The molecule has 0 atom stereocenters. The third-order valence-corrected chi connectivity index (χ3v) is 1.04. The third-order valence-electron chi connectivity index (χ3n) is 1.04. The fourth-order valence-corrected chi connectivity index (χ4v) is 0.546. The molecule has 1 rings (SSSR count). The Morgan fingerprint density at radius 3 is 2.70 bits per heavy atom. The molecule has 0 fully saturated rings. The molecular formula is C5H7BN2O2. The normalized spacial score (nSPS) is 8.90. The van der Waals surface area contributed by atoms with Crippen molar-refractivity contribution in [3.05, 3.63) is 12.4 Å². The summed E-state index contributed by atoms with van der Waals surface area (Å²) in [5.74, 6) is 1.01. The average molecular weight is 138 g/mol. The molecule has 0 saturated carbocycles. The van der Waals surface area contributed by atoms with Crippen LogP contribution in [0.1, 0.15) is 0 Å². The van der Waals surface area contributed by atoms with E-state index in [-0.39, 0.29) is 0 Å². The van der Waals surface area contributed by atoms with Gasteiger partial charge in [-0.1, -0.05) is 0 Å². The van der Waals surface area contributed by atoms with Crippen LogP contribution in [0.5, 0.6) is 11.8 Å². The summed E-state index contributed by atoms with van der Waals surface area (Å²) < 4.78 is 9.65. The van der Waals surface area contributed by atoms with Gasteiger partial charge < -0.3 is 9.39 Å². The molecule has 0 amide bonds. The highest BCUT2D eigenvalue weighted by molar-refractivity contribution is 5.99. The Morgan fingerprint density at radius 2 is 2.10 bits per heavy atom. The zero-order valence-electron chi connectivity index (χ0n) is 5.87. The summed E-state index contributed by atoms with van der Waals surface area (Å²) in [4.78, 5) is 7.58. The minimum absolute atomic E-state index is 0.506. The van der Waals surface area contributed by atoms with Gasteiger partial charge in [0.25, 0.3) is 0 Å². The summed E-state index contributed by atoms with van der Waals surface area (Å²) in [5, 5.41) is 0. The Hall–Kier alpha value is -1.26. The second-order valence-electron chi connectivity index (χ2n) is 1.60. The lowest BCUT2D eigenvalue weighted by Gasteiger charge is -1.99. The molecule has 0 bridgehead atoms. The summed E-state index contributed by atoms with van der Waals surface area (Å²) in [7, 11) is 3.09. The van der Waals surface area contributed by atoms with Gasteiger partial charge >= 0.3 is 8.05 Å². The molecule has 0 radical (unpaired) electrons. The summed E-state index contributed by atoms with van der Waals surface area (Å²) in [5.41, 5.74) is 0. The lowest BCUT2D eigenvalue weighted by molar-refractivity contribution is 0.393. The summed E-state index contributed by atoms with van der Waals surface area (Å²) >= 11 is 0. The second kappa shape index (κ2) is 3.05. The monoisotopic (exact) mass is 138 g/mol. The number of nitrogens with zero attached hydrogens (tertiary/aromatic N) is 2. The van der Waals surface area contributed by atoms with Crippen LogP contribution in [-0.2, 0) is 0 Å². The maximum Gasteiger partial charge on any atom is 0.324 e. The van der Waals surface area contributed by atoms with Gasteiger partial charge in [0.1, 0.15) is 6.33 Å². The molecule has 0 aliphatic rings. The van der Waals surface area contributed by atoms with Crippen LogP contribution in [0.25, 0.3) is 0 Å². The van der Waals surface area contributed by atoms with Gasteiger partial charge in [-0.05, 0) is 0 Å². The Morgan fingerprint density at radius 1 is 1.40 bits per heavy atom. The van der Waals surface area contributed by atoms with E-state index in [0.29, 0.717) is 11.8 Å². The molecule has 0 aliphatic heterocycles. The van der Waals surface area contributed by atoms with Crippen molar-refractivity contribution in [2.24, 2.45) is 0 Å². The van der Waals surface area contributed by atoms with Gasteiger partial charge in [0.05, 0.1) is 13.2 Å². The predicted molar refractivity (Wildman–Crippen MR) is 37.8 cm³/mol. The van der Waals surface area contributed by atoms with E-state index in [1.165, 1.54) is 6.33 Å². The van der Waals surface area contributed by atoms with E-state index in [9.17, 15) is 0 Å². The number of hydrogen-bond acceptors (Lipinski definition) is 4. The van der Waals surface area contributed by atoms with Gasteiger partial charge in [0.15, 0.2) is 0 Å². The molecular weight excluding hydrogens is 131 g/mol. The summed E-state index contributed by atoms with van der Waals surface area (Å²) in [6.45, 7) is 0. The third kappa shape index (κ3) is 1.37. The first kappa shape index (κ1) is 6.86. The number of ether oxygens (including phenoxy) is 1. The van der Waals surface area contributed by atoms with E-state index >= 15 is 0 Å². The molecule has 1 aromatic rings. The second-order valence-corrected chi connectivity index (χ2v) is 1.60. The van der Waals surface area contributed by atoms with Crippen LogP contribution in [0, 0.1) is 0 Å². The Balaban J connectivity index is 2.87. The van der Waals surface area contributed by atoms with Crippen molar-refractivity contribution in [2.45, 2.75) is 0 Å². The van der Waals surface area contributed by atoms with Gasteiger partial charge in [0.2, 0.25) is 11.8 Å². The molecule has 1 heterocycles. The zero-order valence-corrected chi connectivity index (χ0v) is 5.87. The Labute approximate surface area is 59.6 Å². The van der Waals surface area contributed by atoms with Crippen LogP contribution in [-0.4, -0.2) is 25.1 Å². The minimum Gasteiger partial charge on any atom is -0.555 e. The Bertz CT molecular complexity index is 199. The molecule has 52 valence electrons. The van der Waals surface area contributed by atoms with E-state index in [0.717, 1.165) is 0 Å². The van der Waals surface area contributed by atoms with Gasteiger partial charge in [-0.25, -0.2) is 9.97 Å². The Kier molecular flexibility index (Phi) is 2.09. The average Bonchev–Trinajstić information content (AvgIpc) is 2.05. The molecule has 0 N–H and O–H groups in total. The quantitative estimate of drug-likeness (QED) is 0.512. The van der Waals surface area contributed by atoms with Crippen molar-refractivity contribution in [1.29, 1.82) is 0 Å². The lowest BCUT2D eigenvalue weighted by atomic mass is 10.5. The van der Waals surface area contributed by atoms with Crippen LogP contribution in [0.3, 0.4) is 0 Å². The molecule has 0 saturated heterocycles. The molecule has 10 heavy (non-hydrogen) atoms. The van der Waals surface area contributed by atoms with E-state index in [4.69, 9.17) is 9.39 Å². The van der Waals surface area contributed by atoms with Crippen molar-refractivity contribution in [3.8, 4) is 11.8 Å².